The van der Waals surface area contributed by atoms with Gasteiger partial charge in [-0.1, -0.05) is 0 Å². The molecule has 0 bridgehead atoms. The first-order valence-corrected chi connectivity index (χ1v) is 5.91. The van der Waals surface area contributed by atoms with Crippen LogP contribution in [0.2, 0.25) is 0 Å². The van der Waals surface area contributed by atoms with Gasteiger partial charge >= 0.3 is 5.69 Å². The molecule has 0 unspecified atom stereocenters. The third-order valence-electron chi connectivity index (χ3n) is 2.91. The molecule has 1 N–H and O–H groups in total. The Morgan fingerprint density at radius 3 is 2.63 bits per heavy atom. The van der Waals surface area contributed by atoms with Gasteiger partial charge < -0.3 is 9.88 Å². The summed E-state index contributed by atoms with van der Waals surface area (Å²) in [7, 11) is 3.10. The van der Waals surface area contributed by atoms with E-state index in [0.717, 1.165) is 15.9 Å². The van der Waals surface area contributed by atoms with Crippen LogP contribution >= 0.6 is 0 Å². The van der Waals surface area contributed by atoms with Crippen LogP contribution in [0, 0.1) is 6.92 Å². The molecule has 2 aromatic rings. The molecule has 0 radical (unpaired) electrons. The number of hydrogen-bond acceptors (Lipinski definition) is 4. The van der Waals surface area contributed by atoms with E-state index in [0.29, 0.717) is 12.1 Å². The fraction of sp³-hybridized carbons (Fsp3) is 0.308. The molecule has 100 valence electrons. The van der Waals surface area contributed by atoms with Crippen molar-refractivity contribution < 1.29 is 0 Å². The molecule has 0 saturated carbocycles. The number of nitrogens with one attached hydrogen (secondary N) is 1. The lowest BCUT2D eigenvalue weighted by Crippen LogP contribution is -2.38. The molecule has 6 nitrogen and oxygen atoms in total. The average Bonchev–Trinajstić information content (AvgIpc) is 2.41. The van der Waals surface area contributed by atoms with Crippen molar-refractivity contribution in [3.8, 4) is 0 Å². The van der Waals surface area contributed by atoms with E-state index in [1.54, 1.807) is 19.4 Å². The molecule has 0 fully saturated rings. The molecule has 0 amide bonds. The Balaban J connectivity index is 2.23. The summed E-state index contributed by atoms with van der Waals surface area (Å²) >= 11 is 0. The van der Waals surface area contributed by atoms with Crippen molar-refractivity contribution in [2.75, 3.05) is 5.32 Å². The summed E-state index contributed by atoms with van der Waals surface area (Å²) in [5.41, 5.74) is 1.69. The Morgan fingerprint density at radius 2 is 2.00 bits per heavy atom. The molecule has 2 rings (SSSR count). The first kappa shape index (κ1) is 13.1. The molecular weight excluding hydrogens is 244 g/mol. The van der Waals surface area contributed by atoms with Crippen LogP contribution in [0.25, 0.3) is 0 Å². The van der Waals surface area contributed by atoms with E-state index in [4.69, 9.17) is 0 Å². The SMILES string of the molecule is Cc1ccc(NCc2cn(C)c(=O)n(C)c2=O)cn1. The Kier molecular flexibility index (Phi) is 3.50. The van der Waals surface area contributed by atoms with Crippen molar-refractivity contribution in [1.82, 2.24) is 14.1 Å². The van der Waals surface area contributed by atoms with E-state index in [2.05, 4.69) is 10.3 Å². The molecule has 0 aliphatic rings. The lowest BCUT2D eigenvalue weighted by Gasteiger charge is -2.08. The second kappa shape index (κ2) is 5.09. The molecule has 19 heavy (non-hydrogen) atoms. The fourth-order valence-electron chi connectivity index (χ4n) is 1.77. The molecule has 0 aromatic carbocycles. The molecule has 0 aliphatic heterocycles. The summed E-state index contributed by atoms with van der Waals surface area (Å²) < 4.78 is 2.50. The summed E-state index contributed by atoms with van der Waals surface area (Å²) in [6.07, 6.45) is 3.26. The summed E-state index contributed by atoms with van der Waals surface area (Å²) in [5, 5.41) is 3.11. The predicted molar refractivity (Wildman–Crippen MR) is 73.2 cm³/mol. The maximum atomic E-state index is 11.9. The van der Waals surface area contributed by atoms with Crippen molar-refractivity contribution in [3.05, 3.63) is 56.6 Å². The smallest absolute Gasteiger partial charge is 0.330 e. The van der Waals surface area contributed by atoms with Crippen LogP contribution < -0.4 is 16.6 Å². The minimum Gasteiger partial charge on any atom is -0.379 e. The van der Waals surface area contributed by atoms with Gasteiger partial charge in [0.25, 0.3) is 5.56 Å². The lowest BCUT2D eigenvalue weighted by atomic mass is 10.3. The predicted octanol–water partition coefficient (Wildman–Crippen LogP) is 0.400. The highest BCUT2D eigenvalue weighted by molar-refractivity contribution is 5.41. The van der Waals surface area contributed by atoms with Gasteiger partial charge in [-0.15, -0.1) is 0 Å². The van der Waals surface area contributed by atoms with Crippen molar-refractivity contribution in [2.24, 2.45) is 14.1 Å². The minimum atomic E-state index is -0.328. The van der Waals surface area contributed by atoms with Crippen LogP contribution in [-0.2, 0) is 20.6 Å². The van der Waals surface area contributed by atoms with Gasteiger partial charge in [0.15, 0.2) is 0 Å². The zero-order valence-corrected chi connectivity index (χ0v) is 11.2. The molecule has 6 heteroatoms. The monoisotopic (exact) mass is 260 g/mol. The first-order chi connectivity index (χ1) is 8.99. The van der Waals surface area contributed by atoms with Gasteiger partial charge in [0.05, 0.1) is 17.4 Å². The van der Waals surface area contributed by atoms with E-state index in [1.807, 2.05) is 19.1 Å². The van der Waals surface area contributed by atoms with E-state index in [9.17, 15) is 9.59 Å². The van der Waals surface area contributed by atoms with E-state index < -0.39 is 0 Å². The largest absolute Gasteiger partial charge is 0.379 e. The third-order valence-corrected chi connectivity index (χ3v) is 2.91. The Bertz CT molecular complexity index is 698. The zero-order valence-electron chi connectivity index (χ0n) is 11.2. The van der Waals surface area contributed by atoms with E-state index >= 15 is 0 Å². The lowest BCUT2D eigenvalue weighted by molar-refractivity contribution is 0.671. The first-order valence-electron chi connectivity index (χ1n) is 5.91. The highest BCUT2D eigenvalue weighted by Crippen LogP contribution is 2.06. The van der Waals surface area contributed by atoms with Crippen molar-refractivity contribution in [3.63, 3.8) is 0 Å². The maximum Gasteiger partial charge on any atom is 0.330 e. The van der Waals surface area contributed by atoms with Gasteiger partial charge in [0.1, 0.15) is 0 Å². The van der Waals surface area contributed by atoms with Crippen molar-refractivity contribution >= 4 is 5.69 Å². The summed E-state index contributed by atoms with van der Waals surface area (Å²) in [6, 6.07) is 3.79. The van der Waals surface area contributed by atoms with Crippen LogP contribution in [0.3, 0.4) is 0 Å². The molecular formula is C13H16N4O2. The van der Waals surface area contributed by atoms with Crippen molar-refractivity contribution in [1.29, 1.82) is 0 Å². The molecule has 0 saturated heterocycles. The van der Waals surface area contributed by atoms with Gasteiger partial charge in [-0.25, -0.2) is 4.79 Å². The topological polar surface area (TPSA) is 68.9 Å². The van der Waals surface area contributed by atoms with E-state index in [-0.39, 0.29) is 11.2 Å². The number of hydrogen-bond donors (Lipinski definition) is 1. The van der Waals surface area contributed by atoms with Crippen LogP contribution in [0.1, 0.15) is 11.3 Å². The normalized spacial score (nSPS) is 10.5. The van der Waals surface area contributed by atoms with Crippen LogP contribution in [0.4, 0.5) is 5.69 Å². The van der Waals surface area contributed by atoms with Gasteiger partial charge in [-0.3, -0.25) is 14.3 Å². The van der Waals surface area contributed by atoms with Gasteiger partial charge in [-0.05, 0) is 19.1 Å². The van der Waals surface area contributed by atoms with Crippen molar-refractivity contribution in [2.45, 2.75) is 13.5 Å². The summed E-state index contributed by atoms with van der Waals surface area (Å²) in [5.74, 6) is 0. The van der Waals surface area contributed by atoms with E-state index in [1.165, 1.54) is 11.6 Å². The number of anilines is 1. The Labute approximate surface area is 110 Å². The van der Waals surface area contributed by atoms with Gasteiger partial charge in [0, 0.05) is 32.5 Å². The second-order valence-corrected chi connectivity index (χ2v) is 4.45. The maximum absolute atomic E-state index is 11.9. The Morgan fingerprint density at radius 1 is 1.26 bits per heavy atom. The summed E-state index contributed by atoms with van der Waals surface area (Å²) in [4.78, 5) is 27.6. The minimum absolute atomic E-state index is 0.282. The third kappa shape index (κ3) is 2.73. The number of rotatable bonds is 3. The number of aryl methyl sites for hydroxylation is 2. The van der Waals surface area contributed by atoms with Crippen LogP contribution in [0.15, 0.2) is 34.1 Å². The molecule has 0 aliphatic carbocycles. The molecule has 2 heterocycles. The van der Waals surface area contributed by atoms with Crippen LogP contribution in [0.5, 0.6) is 0 Å². The zero-order chi connectivity index (χ0) is 14.0. The summed E-state index contributed by atoms with van der Waals surface area (Å²) in [6.45, 7) is 2.26. The molecule has 0 atom stereocenters. The fourth-order valence-corrected chi connectivity index (χ4v) is 1.77. The molecule has 2 aromatic heterocycles. The quantitative estimate of drug-likeness (QED) is 0.867. The second-order valence-electron chi connectivity index (χ2n) is 4.45. The van der Waals surface area contributed by atoms with Gasteiger partial charge in [-0.2, -0.15) is 0 Å². The number of aromatic nitrogens is 3. The van der Waals surface area contributed by atoms with Crippen LogP contribution in [-0.4, -0.2) is 14.1 Å². The standard InChI is InChI=1S/C13H16N4O2/c1-9-4-5-11(7-14-9)15-6-10-8-16(2)13(19)17(3)12(10)18/h4-5,7-8,15H,6H2,1-3H3. The number of nitrogens with zero attached hydrogens (tertiary/aromatic N) is 3. The average molecular weight is 260 g/mol. The highest BCUT2D eigenvalue weighted by Gasteiger charge is 2.06. The highest BCUT2D eigenvalue weighted by atomic mass is 16.2. The van der Waals surface area contributed by atoms with Gasteiger partial charge in [0.2, 0.25) is 0 Å². The molecule has 0 spiro atoms. The number of pyridine rings is 1. The Hall–Kier alpha value is -2.37.